The Kier molecular flexibility index (Phi) is 1.80. The number of aromatic nitrogens is 1. The number of aryl methyl sites for hydroxylation is 2. The van der Waals surface area contributed by atoms with E-state index in [4.69, 9.17) is 0 Å². The lowest BCUT2D eigenvalue weighted by Crippen LogP contribution is -2.22. The first-order chi connectivity index (χ1) is 6.20. The molecule has 0 N–H and O–H groups in total. The fourth-order valence-electron chi connectivity index (χ4n) is 1.68. The molecule has 2 rings (SSSR count). The molecule has 0 aromatic carbocycles. The van der Waals surface area contributed by atoms with E-state index >= 15 is 0 Å². The molecule has 0 unspecified atom stereocenters. The molecule has 2 aromatic heterocycles. The van der Waals surface area contributed by atoms with Gasteiger partial charge in [0.1, 0.15) is 0 Å². The second kappa shape index (κ2) is 2.84. The average molecular weight is 172 g/mol. The van der Waals surface area contributed by atoms with Gasteiger partial charge in [0.15, 0.2) is 12.4 Å². The molecule has 2 heterocycles. The van der Waals surface area contributed by atoms with Crippen molar-refractivity contribution in [1.82, 2.24) is 0 Å². The summed E-state index contributed by atoms with van der Waals surface area (Å²) in [5.74, 6) is 0. The van der Waals surface area contributed by atoms with Crippen LogP contribution in [0.2, 0.25) is 0 Å². The lowest BCUT2D eigenvalue weighted by Gasteiger charge is -2.02. The van der Waals surface area contributed by atoms with E-state index in [1.165, 1.54) is 22.2 Å². The first-order valence-corrected chi connectivity index (χ1v) is 4.57. The average Bonchev–Trinajstić information content (AvgIpc) is 2.15. The van der Waals surface area contributed by atoms with Gasteiger partial charge in [-0.15, -0.1) is 0 Å². The molecule has 1 heteroatoms. The van der Waals surface area contributed by atoms with Gasteiger partial charge in [0.05, 0.1) is 0 Å². The van der Waals surface area contributed by atoms with E-state index in [2.05, 4.69) is 55.8 Å². The van der Waals surface area contributed by atoms with E-state index < -0.39 is 0 Å². The molecule has 0 aliphatic rings. The van der Waals surface area contributed by atoms with Gasteiger partial charge in [-0.1, -0.05) is 0 Å². The molecule has 0 aliphatic carbocycles. The van der Waals surface area contributed by atoms with Crippen LogP contribution in [0, 0.1) is 20.8 Å². The summed E-state index contributed by atoms with van der Waals surface area (Å²) in [6, 6.07) is 6.29. The summed E-state index contributed by atoms with van der Waals surface area (Å²) in [6.45, 7) is 6.51. The summed E-state index contributed by atoms with van der Waals surface area (Å²) < 4.78 is 2.18. The van der Waals surface area contributed by atoms with Crippen molar-refractivity contribution in [2.24, 2.45) is 0 Å². The zero-order valence-electron chi connectivity index (χ0n) is 8.33. The summed E-state index contributed by atoms with van der Waals surface area (Å²) in [7, 11) is 0. The van der Waals surface area contributed by atoms with Gasteiger partial charge in [-0.3, -0.25) is 0 Å². The Labute approximate surface area is 78.7 Å². The van der Waals surface area contributed by atoms with Gasteiger partial charge in [-0.05, 0) is 32.4 Å². The number of hydrogen-bond donors (Lipinski definition) is 0. The Morgan fingerprint density at radius 3 is 2.54 bits per heavy atom. The lowest BCUT2D eigenvalue weighted by molar-refractivity contribution is -0.512. The molecular weight excluding hydrogens is 158 g/mol. The molecule has 2 aromatic rings. The van der Waals surface area contributed by atoms with Crippen LogP contribution in [0.1, 0.15) is 16.7 Å². The van der Waals surface area contributed by atoms with Gasteiger partial charge in [0, 0.05) is 23.3 Å². The molecule has 1 nitrogen and oxygen atoms in total. The fourth-order valence-corrected chi connectivity index (χ4v) is 1.68. The van der Waals surface area contributed by atoms with E-state index in [9.17, 15) is 0 Å². The van der Waals surface area contributed by atoms with Crippen LogP contribution in [0.25, 0.3) is 5.52 Å². The van der Waals surface area contributed by atoms with Gasteiger partial charge in [0.2, 0.25) is 5.52 Å². The maximum absolute atomic E-state index is 2.18. The maximum Gasteiger partial charge on any atom is 0.213 e. The smallest absolute Gasteiger partial charge is 0.167 e. The van der Waals surface area contributed by atoms with E-state index in [1.807, 2.05) is 0 Å². The number of pyridine rings is 2. The van der Waals surface area contributed by atoms with Gasteiger partial charge in [-0.2, -0.15) is 4.40 Å². The van der Waals surface area contributed by atoms with Gasteiger partial charge in [-0.25, -0.2) is 0 Å². The van der Waals surface area contributed by atoms with Crippen molar-refractivity contribution in [1.29, 1.82) is 0 Å². The Hall–Kier alpha value is -1.37. The predicted molar refractivity (Wildman–Crippen MR) is 53.8 cm³/mol. The number of fused-ring (bicyclic) bond motifs is 1. The standard InChI is InChI=1S/C12H14N/c1-9-8-13-7-5-4-6-12(13)11(3)10(9)2/h4-8H,1-3H3/q+1. The first-order valence-electron chi connectivity index (χ1n) is 4.57. The summed E-state index contributed by atoms with van der Waals surface area (Å²) in [6.07, 6.45) is 4.27. The van der Waals surface area contributed by atoms with Crippen LogP contribution in [0.5, 0.6) is 0 Å². The second-order valence-corrected chi connectivity index (χ2v) is 3.56. The molecular formula is C12H14N+. The largest absolute Gasteiger partial charge is 0.213 e. The van der Waals surface area contributed by atoms with Crippen molar-refractivity contribution in [3.05, 3.63) is 47.3 Å². The monoisotopic (exact) mass is 172 g/mol. The highest BCUT2D eigenvalue weighted by atomic mass is 14.8. The minimum Gasteiger partial charge on any atom is -0.167 e. The van der Waals surface area contributed by atoms with Crippen molar-refractivity contribution in [3.63, 3.8) is 0 Å². The molecule has 0 amide bonds. The fraction of sp³-hybridized carbons (Fsp3) is 0.250. The Bertz CT molecular complexity index is 458. The van der Waals surface area contributed by atoms with Gasteiger partial charge in [0.25, 0.3) is 0 Å². The Morgan fingerprint density at radius 2 is 1.77 bits per heavy atom. The van der Waals surface area contributed by atoms with Gasteiger partial charge >= 0.3 is 0 Å². The normalized spacial score (nSPS) is 10.7. The maximum atomic E-state index is 2.18. The molecule has 0 saturated carbocycles. The molecule has 0 aliphatic heterocycles. The lowest BCUT2D eigenvalue weighted by atomic mass is 10.1. The molecule has 0 fully saturated rings. The SMILES string of the molecule is Cc1c[n+]2ccccc2c(C)c1C. The van der Waals surface area contributed by atoms with E-state index in [0.29, 0.717) is 0 Å². The van der Waals surface area contributed by atoms with Crippen molar-refractivity contribution in [2.75, 3.05) is 0 Å². The summed E-state index contributed by atoms with van der Waals surface area (Å²) in [4.78, 5) is 0. The molecule has 0 spiro atoms. The molecule has 66 valence electrons. The minimum absolute atomic E-state index is 1.30. The van der Waals surface area contributed by atoms with Crippen LogP contribution in [0.3, 0.4) is 0 Å². The molecule has 0 saturated heterocycles. The third-order valence-corrected chi connectivity index (χ3v) is 2.76. The summed E-state index contributed by atoms with van der Waals surface area (Å²) in [5.41, 5.74) is 5.42. The number of hydrogen-bond acceptors (Lipinski definition) is 0. The van der Waals surface area contributed by atoms with Crippen molar-refractivity contribution >= 4 is 5.52 Å². The minimum atomic E-state index is 1.30. The van der Waals surface area contributed by atoms with Crippen LogP contribution < -0.4 is 4.40 Å². The second-order valence-electron chi connectivity index (χ2n) is 3.56. The molecule has 0 radical (unpaired) electrons. The van der Waals surface area contributed by atoms with Crippen molar-refractivity contribution in [2.45, 2.75) is 20.8 Å². The first kappa shape index (κ1) is 8.24. The Morgan fingerprint density at radius 1 is 1.00 bits per heavy atom. The van der Waals surface area contributed by atoms with Crippen LogP contribution in [-0.4, -0.2) is 0 Å². The zero-order valence-corrected chi connectivity index (χ0v) is 8.33. The van der Waals surface area contributed by atoms with Crippen LogP contribution in [0.4, 0.5) is 0 Å². The van der Waals surface area contributed by atoms with Crippen LogP contribution in [-0.2, 0) is 0 Å². The van der Waals surface area contributed by atoms with Crippen molar-refractivity contribution < 1.29 is 4.40 Å². The third-order valence-electron chi connectivity index (χ3n) is 2.76. The van der Waals surface area contributed by atoms with Crippen LogP contribution >= 0.6 is 0 Å². The summed E-state index contributed by atoms with van der Waals surface area (Å²) in [5, 5.41) is 0. The highest BCUT2D eigenvalue weighted by molar-refractivity contribution is 5.51. The van der Waals surface area contributed by atoms with E-state index in [-0.39, 0.29) is 0 Å². The predicted octanol–water partition coefficient (Wildman–Crippen LogP) is 2.35. The molecule has 13 heavy (non-hydrogen) atoms. The highest BCUT2D eigenvalue weighted by Crippen LogP contribution is 2.13. The van der Waals surface area contributed by atoms with Crippen LogP contribution in [0.15, 0.2) is 30.6 Å². The van der Waals surface area contributed by atoms with Gasteiger partial charge < -0.3 is 0 Å². The molecule has 0 bridgehead atoms. The number of nitrogens with zero attached hydrogens (tertiary/aromatic N) is 1. The topological polar surface area (TPSA) is 4.10 Å². The highest BCUT2D eigenvalue weighted by Gasteiger charge is 2.09. The quantitative estimate of drug-likeness (QED) is 0.537. The third kappa shape index (κ3) is 1.21. The zero-order chi connectivity index (χ0) is 9.42. The number of rotatable bonds is 0. The molecule has 0 atom stereocenters. The Balaban J connectivity index is 2.94. The van der Waals surface area contributed by atoms with E-state index in [0.717, 1.165) is 0 Å². The van der Waals surface area contributed by atoms with E-state index in [1.54, 1.807) is 0 Å². The van der Waals surface area contributed by atoms with Crippen molar-refractivity contribution in [3.8, 4) is 0 Å². The summed E-state index contributed by atoms with van der Waals surface area (Å²) >= 11 is 0.